The second kappa shape index (κ2) is 7.57. The van der Waals surface area contributed by atoms with Crippen molar-refractivity contribution in [1.82, 2.24) is 4.98 Å². The number of hydrogen-bond donors (Lipinski definition) is 0. The van der Waals surface area contributed by atoms with E-state index in [0.717, 1.165) is 11.3 Å². The molecule has 0 aliphatic heterocycles. The Kier molecular flexibility index (Phi) is 5.46. The van der Waals surface area contributed by atoms with Crippen molar-refractivity contribution in [1.29, 1.82) is 0 Å². The van der Waals surface area contributed by atoms with Crippen LogP contribution in [0.2, 0.25) is 0 Å². The summed E-state index contributed by atoms with van der Waals surface area (Å²) in [5.74, 6) is 7.28. The van der Waals surface area contributed by atoms with E-state index in [1.165, 1.54) is 11.1 Å². The molecule has 0 spiro atoms. The molecule has 0 atom stereocenters. The van der Waals surface area contributed by atoms with Crippen LogP contribution in [0.15, 0.2) is 42.7 Å². The van der Waals surface area contributed by atoms with Crippen LogP contribution in [-0.2, 0) is 6.61 Å². The molecule has 0 radical (unpaired) electrons. The number of benzene rings is 1. The molecule has 0 saturated carbocycles. The standard InChI is InChI=1S/C17H16ClNO/c1-14-6-2-3-8-16(14)13-20-17-10-15(11-19-12-17)7-4-5-9-18/h2-3,6,8,10-12H,5,9,13H2,1H3. The van der Waals surface area contributed by atoms with E-state index in [4.69, 9.17) is 16.3 Å². The van der Waals surface area contributed by atoms with E-state index in [1.807, 2.05) is 18.2 Å². The van der Waals surface area contributed by atoms with Gasteiger partial charge in [0.05, 0.1) is 6.20 Å². The molecule has 2 rings (SSSR count). The molecule has 102 valence electrons. The highest BCUT2D eigenvalue weighted by Crippen LogP contribution is 2.14. The van der Waals surface area contributed by atoms with Crippen LogP contribution in [0, 0.1) is 18.8 Å². The van der Waals surface area contributed by atoms with Gasteiger partial charge in [-0.05, 0) is 24.1 Å². The molecule has 0 N–H and O–H groups in total. The number of rotatable bonds is 4. The van der Waals surface area contributed by atoms with Crippen molar-refractivity contribution >= 4 is 11.6 Å². The molecule has 2 nitrogen and oxygen atoms in total. The first-order chi connectivity index (χ1) is 9.79. The number of nitrogens with zero attached hydrogens (tertiary/aromatic N) is 1. The van der Waals surface area contributed by atoms with Crippen molar-refractivity contribution in [2.45, 2.75) is 20.0 Å². The number of pyridine rings is 1. The second-order valence-corrected chi connectivity index (χ2v) is 4.74. The average Bonchev–Trinajstić information content (AvgIpc) is 2.47. The van der Waals surface area contributed by atoms with E-state index in [1.54, 1.807) is 12.4 Å². The Labute approximate surface area is 124 Å². The summed E-state index contributed by atoms with van der Waals surface area (Å²) in [6.07, 6.45) is 4.10. The van der Waals surface area contributed by atoms with Gasteiger partial charge in [-0.25, -0.2) is 0 Å². The maximum absolute atomic E-state index is 5.76. The molecule has 0 fully saturated rings. The average molecular weight is 286 g/mol. The Morgan fingerprint density at radius 1 is 1.25 bits per heavy atom. The summed E-state index contributed by atoms with van der Waals surface area (Å²) in [6, 6.07) is 10.1. The van der Waals surface area contributed by atoms with Gasteiger partial charge >= 0.3 is 0 Å². The lowest BCUT2D eigenvalue weighted by molar-refractivity contribution is 0.304. The van der Waals surface area contributed by atoms with Crippen molar-refractivity contribution in [3.05, 3.63) is 59.4 Å². The third kappa shape index (κ3) is 4.29. The molecule has 1 aromatic heterocycles. The molecule has 2 aromatic rings. The SMILES string of the molecule is Cc1ccccc1COc1cncc(C#CCCCl)c1. The van der Waals surface area contributed by atoms with Crippen LogP contribution >= 0.6 is 11.6 Å². The van der Waals surface area contributed by atoms with Gasteiger partial charge in [0.25, 0.3) is 0 Å². The van der Waals surface area contributed by atoms with Gasteiger partial charge in [-0.3, -0.25) is 4.98 Å². The van der Waals surface area contributed by atoms with Crippen molar-refractivity contribution < 1.29 is 4.74 Å². The molecular formula is C17H16ClNO. The summed E-state index contributed by atoms with van der Waals surface area (Å²) in [4.78, 5) is 4.14. The lowest BCUT2D eigenvalue weighted by Crippen LogP contribution is -1.98. The lowest BCUT2D eigenvalue weighted by Gasteiger charge is -2.08. The zero-order valence-electron chi connectivity index (χ0n) is 11.4. The molecule has 0 saturated heterocycles. The van der Waals surface area contributed by atoms with Crippen LogP contribution in [0.4, 0.5) is 0 Å². The molecule has 0 aliphatic carbocycles. The Balaban J connectivity index is 2.02. The Bertz CT molecular complexity index is 628. The summed E-state index contributed by atoms with van der Waals surface area (Å²) < 4.78 is 5.76. The highest BCUT2D eigenvalue weighted by atomic mass is 35.5. The minimum Gasteiger partial charge on any atom is -0.487 e. The molecule has 1 aromatic carbocycles. The summed E-state index contributed by atoms with van der Waals surface area (Å²) in [7, 11) is 0. The fraction of sp³-hybridized carbons (Fsp3) is 0.235. The minimum atomic E-state index is 0.535. The molecule has 0 bridgehead atoms. The van der Waals surface area contributed by atoms with Crippen molar-refractivity contribution in [3.8, 4) is 17.6 Å². The predicted molar refractivity (Wildman–Crippen MR) is 82.0 cm³/mol. The molecule has 1 heterocycles. The first kappa shape index (κ1) is 14.4. The van der Waals surface area contributed by atoms with Crippen LogP contribution in [0.25, 0.3) is 0 Å². The molecule has 20 heavy (non-hydrogen) atoms. The van der Waals surface area contributed by atoms with E-state index in [-0.39, 0.29) is 0 Å². The van der Waals surface area contributed by atoms with Gasteiger partial charge in [0.1, 0.15) is 12.4 Å². The molecule has 0 aliphatic rings. The number of halogens is 1. The monoisotopic (exact) mass is 285 g/mol. The van der Waals surface area contributed by atoms with Crippen molar-refractivity contribution in [2.24, 2.45) is 0 Å². The highest BCUT2D eigenvalue weighted by molar-refractivity contribution is 6.18. The van der Waals surface area contributed by atoms with E-state index >= 15 is 0 Å². The first-order valence-corrected chi connectivity index (χ1v) is 7.00. The second-order valence-electron chi connectivity index (χ2n) is 4.37. The summed E-state index contributed by atoms with van der Waals surface area (Å²) in [6.45, 7) is 2.61. The first-order valence-electron chi connectivity index (χ1n) is 6.47. The number of aromatic nitrogens is 1. The Hall–Kier alpha value is -1.98. The van der Waals surface area contributed by atoms with Gasteiger partial charge in [0, 0.05) is 24.1 Å². The maximum Gasteiger partial charge on any atom is 0.139 e. The van der Waals surface area contributed by atoms with Gasteiger partial charge < -0.3 is 4.74 Å². The normalized spacial score (nSPS) is 9.70. The van der Waals surface area contributed by atoms with E-state index in [9.17, 15) is 0 Å². The molecule has 0 amide bonds. The van der Waals surface area contributed by atoms with Crippen molar-refractivity contribution in [2.75, 3.05) is 5.88 Å². The maximum atomic E-state index is 5.76. The lowest BCUT2D eigenvalue weighted by atomic mass is 10.1. The Morgan fingerprint density at radius 3 is 2.90 bits per heavy atom. The number of hydrogen-bond acceptors (Lipinski definition) is 2. The molecule has 3 heteroatoms. The molecular weight excluding hydrogens is 270 g/mol. The van der Waals surface area contributed by atoms with Crippen LogP contribution in [0.3, 0.4) is 0 Å². The number of aryl methyl sites for hydroxylation is 1. The zero-order chi connectivity index (χ0) is 14.2. The Morgan fingerprint density at radius 2 is 2.10 bits per heavy atom. The van der Waals surface area contributed by atoms with E-state index < -0.39 is 0 Å². The largest absolute Gasteiger partial charge is 0.487 e. The summed E-state index contributed by atoms with van der Waals surface area (Å²) in [5.41, 5.74) is 3.24. The topological polar surface area (TPSA) is 22.1 Å². The van der Waals surface area contributed by atoms with E-state index in [0.29, 0.717) is 18.9 Å². The third-order valence-corrected chi connectivity index (χ3v) is 3.01. The third-order valence-electron chi connectivity index (χ3n) is 2.82. The van der Waals surface area contributed by atoms with Gasteiger partial charge in [-0.2, -0.15) is 0 Å². The summed E-state index contributed by atoms with van der Waals surface area (Å²) in [5, 5.41) is 0. The smallest absolute Gasteiger partial charge is 0.139 e. The van der Waals surface area contributed by atoms with E-state index in [2.05, 4.69) is 35.9 Å². The number of ether oxygens (including phenoxy) is 1. The van der Waals surface area contributed by atoms with Gasteiger partial charge in [0.15, 0.2) is 0 Å². The highest BCUT2D eigenvalue weighted by Gasteiger charge is 2.00. The fourth-order valence-electron chi connectivity index (χ4n) is 1.71. The summed E-state index contributed by atoms with van der Waals surface area (Å²) >= 11 is 5.59. The minimum absolute atomic E-state index is 0.535. The van der Waals surface area contributed by atoms with Crippen LogP contribution in [-0.4, -0.2) is 10.9 Å². The van der Waals surface area contributed by atoms with Gasteiger partial charge in [-0.15, -0.1) is 11.6 Å². The van der Waals surface area contributed by atoms with Crippen molar-refractivity contribution in [3.63, 3.8) is 0 Å². The van der Waals surface area contributed by atoms with Crippen LogP contribution in [0.5, 0.6) is 5.75 Å². The van der Waals surface area contributed by atoms with Gasteiger partial charge in [0.2, 0.25) is 0 Å². The number of alkyl halides is 1. The zero-order valence-corrected chi connectivity index (χ0v) is 12.2. The molecule has 0 unspecified atom stereocenters. The predicted octanol–water partition coefficient (Wildman–Crippen LogP) is 3.95. The quantitative estimate of drug-likeness (QED) is 0.627. The van der Waals surface area contributed by atoms with Crippen LogP contribution < -0.4 is 4.74 Å². The fourth-order valence-corrected chi connectivity index (χ4v) is 1.81. The van der Waals surface area contributed by atoms with Gasteiger partial charge in [-0.1, -0.05) is 36.1 Å². The van der Waals surface area contributed by atoms with Crippen LogP contribution in [0.1, 0.15) is 23.1 Å².